The molecule has 2 fully saturated rings. The van der Waals surface area contributed by atoms with Gasteiger partial charge in [0.05, 0.1) is 14.2 Å². The third kappa shape index (κ3) is 4.65. The van der Waals surface area contributed by atoms with Crippen LogP contribution in [-0.4, -0.2) is 79.1 Å². The number of anilines is 2. The van der Waals surface area contributed by atoms with Crippen LogP contribution in [0.2, 0.25) is 0 Å². The fraction of sp³-hybridized carbons (Fsp3) is 0.500. The summed E-state index contributed by atoms with van der Waals surface area (Å²) in [5, 5.41) is 4.28. The lowest BCUT2D eigenvalue weighted by atomic mass is 9.83. The second-order valence-corrected chi connectivity index (χ2v) is 9.37. The highest BCUT2D eigenvalue weighted by Crippen LogP contribution is 2.36. The topological polar surface area (TPSA) is 80.0 Å². The van der Waals surface area contributed by atoms with E-state index >= 15 is 0 Å². The van der Waals surface area contributed by atoms with Crippen LogP contribution in [0.4, 0.5) is 11.7 Å². The molecule has 0 aliphatic carbocycles. The van der Waals surface area contributed by atoms with Gasteiger partial charge < -0.3 is 23.8 Å². The first-order valence-electron chi connectivity index (χ1n) is 12.3. The molecule has 5 rings (SSSR count). The van der Waals surface area contributed by atoms with Crippen LogP contribution in [0.1, 0.15) is 25.5 Å². The van der Waals surface area contributed by atoms with Gasteiger partial charge in [-0.2, -0.15) is 4.98 Å². The molecule has 2 aliphatic heterocycles. The van der Waals surface area contributed by atoms with Gasteiger partial charge in [0.2, 0.25) is 5.82 Å². The third-order valence-corrected chi connectivity index (χ3v) is 7.41. The van der Waals surface area contributed by atoms with E-state index in [4.69, 9.17) is 19.0 Å². The van der Waals surface area contributed by atoms with Gasteiger partial charge in [0.15, 0.2) is 0 Å². The maximum absolute atomic E-state index is 5.76. The van der Waals surface area contributed by atoms with E-state index in [0.717, 1.165) is 63.4 Å². The highest BCUT2D eigenvalue weighted by Gasteiger charge is 2.44. The number of aromatic nitrogens is 3. The first kappa shape index (κ1) is 23.4. The van der Waals surface area contributed by atoms with Crippen LogP contribution < -0.4 is 19.3 Å². The number of piperidine rings is 1. The highest BCUT2D eigenvalue weighted by molar-refractivity contribution is 5.61. The minimum atomic E-state index is 0.0966. The van der Waals surface area contributed by atoms with Crippen molar-refractivity contribution in [3.8, 4) is 22.9 Å². The molecule has 2 saturated heterocycles. The van der Waals surface area contributed by atoms with Crippen LogP contribution in [0, 0.1) is 6.92 Å². The summed E-state index contributed by atoms with van der Waals surface area (Å²) in [6, 6.07) is 10.5. The van der Waals surface area contributed by atoms with E-state index in [0.29, 0.717) is 23.3 Å². The first-order chi connectivity index (χ1) is 17.0. The van der Waals surface area contributed by atoms with Gasteiger partial charge in [-0.3, -0.25) is 9.88 Å². The Balaban J connectivity index is 1.34. The molecule has 35 heavy (non-hydrogen) atoms. The maximum atomic E-state index is 5.76. The summed E-state index contributed by atoms with van der Waals surface area (Å²) in [5.41, 5.74) is 3.22. The van der Waals surface area contributed by atoms with Gasteiger partial charge in [-0.1, -0.05) is 12.1 Å². The monoisotopic (exact) mass is 478 g/mol. The Labute approximate surface area is 206 Å². The molecule has 186 valence electrons. The van der Waals surface area contributed by atoms with Gasteiger partial charge >= 0.3 is 6.01 Å². The molecule has 0 atom stereocenters. The molecule has 9 nitrogen and oxygen atoms in total. The summed E-state index contributed by atoms with van der Waals surface area (Å²) < 4.78 is 16.6. The molecular weight excluding hydrogens is 444 g/mol. The van der Waals surface area contributed by atoms with Crippen molar-refractivity contribution in [2.45, 2.75) is 32.2 Å². The van der Waals surface area contributed by atoms with Gasteiger partial charge in [0.25, 0.3) is 0 Å². The van der Waals surface area contributed by atoms with Crippen molar-refractivity contribution in [1.82, 2.24) is 20.0 Å². The van der Waals surface area contributed by atoms with Crippen LogP contribution in [0.25, 0.3) is 11.4 Å². The third-order valence-electron chi connectivity index (χ3n) is 7.41. The summed E-state index contributed by atoms with van der Waals surface area (Å²) in [6.45, 7) is 10.1. The summed E-state index contributed by atoms with van der Waals surface area (Å²) in [7, 11) is 3.27. The SMILES string of the molecule is CCN1CCN(c2nc(-c3cc(OC)cc(OC)c3)no2)CC12CCN(c1ccnc(C)c1)CC2. The lowest BCUT2D eigenvalue weighted by Crippen LogP contribution is -2.65. The number of benzene rings is 1. The van der Waals surface area contributed by atoms with Crippen molar-refractivity contribution in [1.29, 1.82) is 0 Å². The minimum absolute atomic E-state index is 0.0966. The van der Waals surface area contributed by atoms with E-state index in [9.17, 15) is 0 Å². The number of pyridine rings is 1. The van der Waals surface area contributed by atoms with Crippen LogP contribution in [0.5, 0.6) is 11.5 Å². The molecule has 4 heterocycles. The molecule has 0 amide bonds. The van der Waals surface area contributed by atoms with E-state index < -0.39 is 0 Å². The molecule has 0 bridgehead atoms. The lowest BCUT2D eigenvalue weighted by molar-refractivity contribution is 0.0530. The average Bonchev–Trinajstić information content (AvgIpc) is 3.39. The molecule has 2 aliphatic rings. The minimum Gasteiger partial charge on any atom is -0.497 e. The molecule has 0 radical (unpaired) electrons. The Morgan fingerprint density at radius 1 is 0.971 bits per heavy atom. The van der Waals surface area contributed by atoms with Crippen molar-refractivity contribution < 1.29 is 14.0 Å². The van der Waals surface area contributed by atoms with Crippen molar-refractivity contribution in [3.05, 3.63) is 42.2 Å². The Kier molecular flexibility index (Phi) is 6.51. The number of likely N-dealkylation sites (N-methyl/N-ethyl adjacent to an activating group) is 1. The molecule has 0 saturated carbocycles. The Hall–Kier alpha value is -3.33. The van der Waals surface area contributed by atoms with Crippen molar-refractivity contribution >= 4 is 11.7 Å². The standard InChI is InChI=1S/C26H34N6O3/c1-5-32-13-12-31(18-26(32)7-10-30(11-8-26)21-6-9-27-19(2)14-21)25-28-24(29-35-25)20-15-22(33-3)17-23(16-20)34-4/h6,9,14-17H,5,7-8,10-13,18H2,1-4H3. The van der Waals surface area contributed by atoms with Gasteiger partial charge in [0, 0.05) is 67.5 Å². The smallest absolute Gasteiger partial charge is 0.324 e. The van der Waals surface area contributed by atoms with E-state index in [1.165, 1.54) is 5.69 Å². The number of methoxy groups -OCH3 is 2. The Morgan fingerprint density at radius 2 is 1.71 bits per heavy atom. The van der Waals surface area contributed by atoms with Gasteiger partial charge in [-0.25, -0.2) is 0 Å². The largest absolute Gasteiger partial charge is 0.497 e. The second kappa shape index (κ2) is 9.73. The average molecular weight is 479 g/mol. The van der Waals surface area contributed by atoms with E-state index in [-0.39, 0.29) is 5.54 Å². The van der Waals surface area contributed by atoms with Gasteiger partial charge in [0.1, 0.15) is 11.5 Å². The van der Waals surface area contributed by atoms with E-state index in [1.54, 1.807) is 14.2 Å². The normalized spacial score (nSPS) is 18.2. The van der Waals surface area contributed by atoms with Crippen molar-refractivity contribution in [2.24, 2.45) is 0 Å². The summed E-state index contributed by atoms with van der Waals surface area (Å²) in [5.74, 6) is 1.92. The van der Waals surface area contributed by atoms with Crippen LogP contribution >= 0.6 is 0 Å². The second-order valence-electron chi connectivity index (χ2n) is 9.37. The number of hydrogen-bond donors (Lipinski definition) is 0. The molecule has 1 spiro atoms. The van der Waals surface area contributed by atoms with Crippen LogP contribution in [-0.2, 0) is 0 Å². The Morgan fingerprint density at radius 3 is 2.37 bits per heavy atom. The van der Waals surface area contributed by atoms with Crippen molar-refractivity contribution in [3.63, 3.8) is 0 Å². The lowest BCUT2D eigenvalue weighted by Gasteiger charge is -2.54. The predicted molar refractivity (Wildman–Crippen MR) is 135 cm³/mol. The number of piperazine rings is 1. The molecule has 0 unspecified atom stereocenters. The zero-order valence-electron chi connectivity index (χ0n) is 21.0. The molecule has 0 N–H and O–H groups in total. The molecular formula is C26H34N6O3. The van der Waals surface area contributed by atoms with Crippen molar-refractivity contribution in [2.75, 3.05) is 63.3 Å². The first-order valence-corrected chi connectivity index (χ1v) is 12.3. The number of aryl methyl sites for hydroxylation is 1. The predicted octanol–water partition coefficient (Wildman–Crippen LogP) is 3.64. The summed E-state index contributed by atoms with van der Waals surface area (Å²) in [4.78, 5) is 16.5. The van der Waals surface area contributed by atoms with E-state index in [2.05, 4.69) is 43.9 Å². The number of nitrogens with zero attached hydrogens (tertiary/aromatic N) is 6. The molecule has 3 aromatic rings. The van der Waals surface area contributed by atoms with Gasteiger partial charge in [-0.05, 0) is 50.6 Å². The van der Waals surface area contributed by atoms with Crippen LogP contribution in [0.3, 0.4) is 0 Å². The van der Waals surface area contributed by atoms with Crippen LogP contribution in [0.15, 0.2) is 41.1 Å². The number of hydrogen-bond acceptors (Lipinski definition) is 9. The molecule has 9 heteroatoms. The summed E-state index contributed by atoms with van der Waals surface area (Å²) in [6.07, 6.45) is 4.08. The Bertz CT molecular complexity index is 1140. The van der Waals surface area contributed by atoms with E-state index in [1.807, 2.05) is 31.3 Å². The zero-order valence-corrected chi connectivity index (χ0v) is 21.0. The molecule has 1 aromatic carbocycles. The molecule has 2 aromatic heterocycles. The highest BCUT2D eigenvalue weighted by atomic mass is 16.5. The quantitative estimate of drug-likeness (QED) is 0.527. The van der Waals surface area contributed by atoms with Gasteiger partial charge in [-0.15, -0.1) is 0 Å². The maximum Gasteiger partial charge on any atom is 0.324 e. The zero-order chi connectivity index (χ0) is 24.4. The number of ether oxygens (including phenoxy) is 2. The fourth-order valence-corrected chi connectivity index (χ4v) is 5.45. The number of rotatable bonds is 6. The fourth-order valence-electron chi connectivity index (χ4n) is 5.45. The summed E-state index contributed by atoms with van der Waals surface area (Å²) >= 11 is 0.